The first-order chi connectivity index (χ1) is 19.1. The summed E-state index contributed by atoms with van der Waals surface area (Å²) in [6.45, 7) is 2.57. The number of ether oxygens (including phenoxy) is 1. The number of ketones is 1. The van der Waals surface area contributed by atoms with E-state index in [0.29, 0.717) is 34.1 Å². The van der Waals surface area contributed by atoms with Crippen LogP contribution in [0.15, 0.2) is 78.0 Å². The molecule has 1 fully saturated rings. The fraction of sp³-hybridized carbons (Fsp3) is 0.323. The molecule has 1 aliphatic carbocycles. The lowest BCUT2D eigenvalue weighted by molar-refractivity contribution is 0.0980. The van der Waals surface area contributed by atoms with Gasteiger partial charge in [0, 0.05) is 16.1 Å². The Labute approximate surface area is 238 Å². The average Bonchev–Trinajstić information content (AvgIpc) is 3.41. The number of rotatable bonds is 7. The molecule has 4 aromatic rings. The van der Waals surface area contributed by atoms with Crippen LogP contribution in [0.5, 0.6) is 5.75 Å². The first kappa shape index (κ1) is 26.0. The Kier molecular flexibility index (Phi) is 7.62. The molecule has 3 aromatic carbocycles. The molecular formula is C31H31ClN4O2S. The quantitative estimate of drug-likeness (QED) is 0.234. The molecule has 2 atom stereocenters. The molecule has 1 saturated carbocycles. The van der Waals surface area contributed by atoms with E-state index in [-0.39, 0.29) is 11.8 Å². The zero-order valence-corrected chi connectivity index (χ0v) is 23.4. The van der Waals surface area contributed by atoms with Crippen molar-refractivity contribution in [1.29, 1.82) is 0 Å². The predicted molar refractivity (Wildman–Crippen MR) is 156 cm³/mol. The molecule has 1 N–H and O–H groups in total. The highest BCUT2D eigenvalue weighted by atomic mass is 35.5. The van der Waals surface area contributed by atoms with Crippen LogP contribution in [0.4, 0.5) is 0 Å². The number of thioether (sulfide) groups is 1. The van der Waals surface area contributed by atoms with Gasteiger partial charge >= 0.3 is 0 Å². The molecule has 1 aromatic heterocycles. The van der Waals surface area contributed by atoms with E-state index in [2.05, 4.69) is 27.8 Å². The van der Waals surface area contributed by atoms with Crippen LogP contribution in [0.25, 0.3) is 11.4 Å². The van der Waals surface area contributed by atoms with Crippen LogP contribution in [0.1, 0.15) is 72.5 Å². The highest BCUT2D eigenvalue weighted by Gasteiger charge is 2.38. The van der Waals surface area contributed by atoms with Gasteiger partial charge in [0.05, 0.1) is 12.6 Å². The predicted octanol–water partition coefficient (Wildman–Crippen LogP) is 7.69. The number of nitrogens with one attached hydrogen (secondary N) is 1. The van der Waals surface area contributed by atoms with Crippen LogP contribution in [-0.2, 0) is 0 Å². The lowest BCUT2D eigenvalue weighted by atomic mass is 9.83. The summed E-state index contributed by atoms with van der Waals surface area (Å²) in [4.78, 5) is 14.0. The number of hydrogen-bond donors (Lipinski definition) is 1. The maximum atomic E-state index is 14.0. The van der Waals surface area contributed by atoms with E-state index in [1.165, 1.54) is 49.4 Å². The number of Topliss-reactive ketones (excluding diaryl/α,β-unsaturated/α-hetero) is 1. The number of halogens is 1. The third-order valence-electron chi connectivity index (χ3n) is 7.62. The highest BCUT2D eigenvalue weighted by Crippen LogP contribution is 2.41. The molecular weight excluding hydrogens is 528 g/mol. The molecule has 0 unspecified atom stereocenters. The largest absolute Gasteiger partial charge is 0.494 e. The van der Waals surface area contributed by atoms with Crippen LogP contribution < -0.4 is 10.2 Å². The molecule has 2 heterocycles. The van der Waals surface area contributed by atoms with E-state index >= 15 is 0 Å². The summed E-state index contributed by atoms with van der Waals surface area (Å²) in [6.07, 6.45) is 6.38. The van der Waals surface area contributed by atoms with Crippen LogP contribution >= 0.6 is 23.4 Å². The van der Waals surface area contributed by atoms with Crippen molar-refractivity contribution in [2.75, 3.05) is 12.0 Å². The summed E-state index contributed by atoms with van der Waals surface area (Å²) in [6, 6.07) is 23.4. The Morgan fingerprint density at radius 2 is 1.64 bits per heavy atom. The van der Waals surface area contributed by atoms with Crippen molar-refractivity contribution >= 4 is 29.1 Å². The number of hydrogen-bond acceptors (Lipinski definition) is 6. The lowest BCUT2D eigenvalue weighted by Crippen LogP contribution is -2.39. The van der Waals surface area contributed by atoms with Gasteiger partial charge in [0.15, 0.2) is 11.6 Å². The Morgan fingerprint density at radius 3 is 2.33 bits per heavy atom. The zero-order chi connectivity index (χ0) is 26.8. The topological polar surface area (TPSA) is 69.0 Å². The van der Waals surface area contributed by atoms with Gasteiger partial charge in [-0.2, -0.15) is 0 Å². The van der Waals surface area contributed by atoms with E-state index in [1.807, 2.05) is 72.3 Å². The normalized spacial score (nSPS) is 19.2. The Morgan fingerprint density at radius 1 is 0.949 bits per heavy atom. The summed E-state index contributed by atoms with van der Waals surface area (Å²) in [7, 11) is 0. The van der Waals surface area contributed by atoms with Crippen molar-refractivity contribution in [3.05, 3.63) is 94.5 Å². The van der Waals surface area contributed by atoms with Gasteiger partial charge in [-0.1, -0.05) is 79.0 Å². The molecule has 0 saturated heterocycles. The molecule has 1 aliphatic heterocycles. The minimum atomic E-state index is -0.420. The lowest BCUT2D eigenvalue weighted by Gasteiger charge is -2.33. The maximum absolute atomic E-state index is 14.0. The van der Waals surface area contributed by atoms with Crippen LogP contribution in [0, 0.1) is 0 Å². The highest BCUT2D eigenvalue weighted by molar-refractivity contribution is 8.00. The van der Waals surface area contributed by atoms with E-state index < -0.39 is 5.25 Å². The molecule has 0 amide bonds. The molecule has 200 valence electrons. The van der Waals surface area contributed by atoms with Gasteiger partial charge in [-0.15, -0.1) is 10.2 Å². The molecule has 0 spiro atoms. The van der Waals surface area contributed by atoms with Crippen molar-refractivity contribution in [3.8, 4) is 17.1 Å². The number of nitrogens with zero attached hydrogens (tertiary/aromatic N) is 3. The summed E-state index contributed by atoms with van der Waals surface area (Å²) in [5.41, 5.74) is 7.50. The third kappa shape index (κ3) is 5.43. The Bertz CT molecular complexity index is 1430. The SMILES string of the molecule is CCOc1ccc(-c2nnc3n2N[C@H](c2ccc(Cl)cc2)[C@@H](C(=O)c2ccc(C4CCCCC4)cc2)S3)cc1. The van der Waals surface area contributed by atoms with Gasteiger partial charge in [-0.25, -0.2) is 4.68 Å². The molecule has 8 heteroatoms. The van der Waals surface area contributed by atoms with E-state index in [4.69, 9.17) is 16.3 Å². The van der Waals surface area contributed by atoms with Crippen molar-refractivity contribution in [1.82, 2.24) is 14.9 Å². The van der Waals surface area contributed by atoms with Gasteiger partial charge in [0.1, 0.15) is 11.0 Å². The Hall–Kier alpha value is -3.29. The van der Waals surface area contributed by atoms with E-state index in [1.54, 1.807) is 0 Å². The van der Waals surface area contributed by atoms with E-state index in [9.17, 15) is 4.79 Å². The van der Waals surface area contributed by atoms with Gasteiger partial charge in [0.25, 0.3) is 0 Å². The molecule has 2 aliphatic rings. The molecule has 0 radical (unpaired) electrons. The van der Waals surface area contributed by atoms with Crippen molar-refractivity contribution in [3.63, 3.8) is 0 Å². The second-order valence-corrected chi connectivity index (χ2v) is 11.7. The number of carbonyl (C=O) groups is 1. The second-order valence-electron chi connectivity index (χ2n) is 10.1. The van der Waals surface area contributed by atoms with Gasteiger partial charge in [-0.3, -0.25) is 4.79 Å². The fourth-order valence-corrected chi connectivity index (χ4v) is 6.83. The van der Waals surface area contributed by atoms with Crippen LogP contribution in [-0.4, -0.2) is 32.5 Å². The zero-order valence-electron chi connectivity index (χ0n) is 21.8. The average molecular weight is 559 g/mol. The number of fused-ring (bicyclic) bond motifs is 1. The van der Waals surface area contributed by atoms with Crippen LogP contribution in [0.2, 0.25) is 5.02 Å². The summed E-state index contributed by atoms with van der Waals surface area (Å²) < 4.78 is 7.47. The first-order valence-electron chi connectivity index (χ1n) is 13.6. The summed E-state index contributed by atoms with van der Waals surface area (Å²) >= 11 is 7.65. The monoisotopic (exact) mass is 558 g/mol. The maximum Gasteiger partial charge on any atom is 0.211 e. The number of aromatic nitrogens is 3. The van der Waals surface area contributed by atoms with Crippen molar-refractivity contribution in [2.45, 2.75) is 61.4 Å². The minimum absolute atomic E-state index is 0.0690. The second kappa shape index (κ2) is 11.4. The molecule has 0 bridgehead atoms. The summed E-state index contributed by atoms with van der Waals surface area (Å²) in [5.74, 6) is 2.16. The first-order valence-corrected chi connectivity index (χ1v) is 14.9. The molecule has 6 rings (SSSR count). The standard InChI is InChI=1S/C31H31ClN4O2S/c1-2-38-26-18-14-24(15-19-26)30-33-34-31-36(30)35-27(22-12-16-25(32)17-13-22)29(39-31)28(37)23-10-8-21(9-11-23)20-6-4-3-5-7-20/h8-20,27,29,35H,2-7H2,1H3/t27-,29+/m1/s1. The summed E-state index contributed by atoms with van der Waals surface area (Å²) in [5, 5.41) is 9.81. The minimum Gasteiger partial charge on any atom is -0.494 e. The Balaban J connectivity index is 1.31. The van der Waals surface area contributed by atoms with Gasteiger partial charge in [-0.05, 0) is 73.2 Å². The fourth-order valence-electron chi connectivity index (χ4n) is 5.55. The molecule has 6 nitrogen and oxygen atoms in total. The number of carbonyl (C=O) groups excluding carboxylic acids is 1. The van der Waals surface area contributed by atoms with Crippen molar-refractivity contribution in [2.24, 2.45) is 0 Å². The third-order valence-corrected chi connectivity index (χ3v) is 9.09. The smallest absolute Gasteiger partial charge is 0.211 e. The van der Waals surface area contributed by atoms with Crippen molar-refractivity contribution < 1.29 is 9.53 Å². The number of benzene rings is 3. The van der Waals surface area contributed by atoms with Crippen LogP contribution in [0.3, 0.4) is 0 Å². The molecule has 39 heavy (non-hydrogen) atoms. The van der Waals surface area contributed by atoms with Gasteiger partial charge < -0.3 is 10.2 Å². The van der Waals surface area contributed by atoms with Gasteiger partial charge in [0.2, 0.25) is 5.16 Å². The van der Waals surface area contributed by atoms with E-state index in [0.717, 1.165) is 16.9 Å².